The van der Waals surface area contributed by atoms with Gasteiger partial charge in [0.2, 0.25) is 0 Å². The van der Waals surface area contributed by atoms with Crippen LogP contribution < -0.4 is 10.1 Å². The molecule has 7 heteroatoms. The van der Waals surface area contributed by atoms with Crippen LogP contribution in [0.15, 0.2) is 60.9 Å². The quantitative estimate of drug-likeness (QED) is 0.587. The number of ether oxygens (including phenoxy) is 1. The average Bonchev–Trinajstić information content (AvgIpc) is 3.29. The van der Waals surface area contributed by atoms with E-state index >= 15 is 0 Å². The van der Waals surface area contributed by atoms with Gasteiger partial charge in [0.15, 0.2) is 0 Å². The number of rotatable bonds is 7. The molecule has 1 N–H and O–H groups in total. The van der Waals surface area contributed by atoms with E-state index in [2.05, 4.69) is 5.32 Å². The molecule has 0 bridgehead atoms. The van der Waals surface area contributed by atoms with E-state index in [1.54, 1.807) is 41.3 Å². The molecule has 0 aliphatic rings. The number of hydrogen-bond donors (Lipinski definition) is 1. The predicted molar refractivity (Wildman–Crippen MR) is 119 cm³/mol. The minimum Gasteiger partial charge on any atom is -0.496 e. The molecule has 6 nitrogen and oxygen atoms in total. The highest BCUT2D eigenvalue weighted by molar-refractivity contribution is 6.33. The number of carbonyl (C=O) groups excluding carboxylic acids is 2. The van der Waals surface area contributed by atoms with Gasteiger partial charge in [0.1, 0.15) is 5.75 Å². The lowest BCUT2D eigenvalue weighted by Crippen LogP contribution is -2.30. The third kappa shape index (κ3) is 4.49. The Kier molecular flexibility index (Phi) is 6.79. The molecule has 0 unspecified atom stereocenters. The van der Waals surface area contributed by atoms with Crippen LogP contribution in [0.2, 0.25) is 5.02 Å². The molecular weight excluding hydrogens is 402 g/mol. The number of anilines is 1. The standard InChI is InChI=1S/C23H24ClN3O3/c1-4-26(5-2)23(29)16-9-8-10-17(13-16)25-22(28)18-14-19(24)20(15-21(18)30-3)27-11-6-7-12-27/h6-15H,4-5H2,1-3H3,(H,25,28). The van der Waals surface area contributed by atoms with Crippen molar-refractivity contribution in [2.75, 3.05) is 25.5 Å². The number of hydrogen-bond acceptors (Lipinski definition) is 3. The first-order valence-corrected chi connectivity index (χ1v) is 10.1. The van der Waals surface area contributed by atoms with Gasteiger partial charge in [-0.25, -0.2) is 0 Å². The van der Waals surface area contributed by atoms with Gasteiger partial charge in [-0.2, -0.15) is 0 Å². The highest BCUT2D eigenvalue weighted by atomic mass is 35.5. The van der Waals surface area contributed by atoms with Gasteiger partial charge < -0.3 is 19.5 Å². The summed E-state index contributed by atoms with van der Waals surface area (Å²) in [7, 11) is 1.50. The van der Waals surface area contributed by atoms with Crippen LogP contribution in [0.3, 0.4) is 0 Å². The molecular formula is C23H24ClN3O3. The SMILES string of the molecule is CCN(CC)C(=O)c1cccc(NC(=O)c2cc(Cl)c(-n3cccc3)cc2OC)c1. The van der Waals surface area contributed by atoms with Gasteiger partial charge in [0.05, 0.1) is 23.4 Å². The zero-order chi connectivity index (χ0) is 21.7. The largest absolute Gasteiger partial charge is 0.496 e. The van der Waals surface area contributed by atoms with Crippen molar-refractivity contribution in [2.24, 2.45) is 0 Å². The molecule has 3 aromatic rings. The zero-order valence-electron chi connectivity index (χ0n) is 17.2. The molecule has 2 amide bonds. The maximum absolute atomic E-state index is 12.9. The van der Waals surface area contributed by atoms with E-state index in [-0.39, 0.29) is 11.8 Å². The lowest BCUT2D eigenvalue weighted by atomic mass is 10.1. The second kappa shape index (κ2) is 9.50. The Morgan fingerprint density at radius 2 is 1.77 bits per heavy atom. The van der Waals surface area contributed by atoms with Crippen LogP contribution in [0.5, 0.6) is 5.75 Å². The summed E-state index contributed by atoms with van der Waals surface area (Å²) in [5.74, 6) is -0.0518. The summed E-state index contributed by atoms with van der Waals surface area (Å²) < 4.78 is 7.27. The predicted octanol–water partition coefficient (Wildman–Crippen LogP) is 4.87. The molecule has 0 fully saturated rings. The van der Waals surface area contributed by atoms with Crippen LogP contribution in [0.25, 0.3) is 5.69 Å². The van der Waals surface area contributed by atoms with E-state index in [1.165, 1.54) is 7.11 Å². The molecule has 1 heterocycles. The molecule has 0 aliphatic carbocycles. The Balaban J connectivity index is 1.87. The Bertz CT molecular complexity index is 1040. The summed E-state index contributed by atoms with van der Waals surface area (Å²) in [5.41, 5.74) is 2.05. The summed E-state index contributed by atoms with van der Waals surface area (Å²) in [6, 6.07) is 13.9. The summed E-state index contributed by atoms with van der Waals surface area (Å²) >= 11 is 6.42. The van der Waals surface area contributed by atoms with Gasteiger partial charge >= 0.3 is 0 Å². The fraction of sp³-hybridized carbons (Fsp3) is 0.217. The Morgan fingerprint density at radius 1 is 1.07 bits per heavy atom. The number of carbonyl (C=O) groups is 2. The summed E-state index contributed by atoms with van der Waals surface area (Å²) in [5, 5.41) is 3.25. The van der Waals surface area contributed by atoms with Crippen LogP contribution in [-0.2, 0) is 0 Å². The molecule has 156 valence electrons. The second-order valence-electron chi connectivity index (χ2n) is 6.61. The van der Waals surface area contributed by atoms with Gasteiger partial charge in [0.25, 0.3) is 11.8 Å². The van der Waals surface area contributed by atoms with Crippen molar-refractivity contribution >= 4 is 29.1 Å². The average molecular weight is 426 g/mol. The van der Waals surface area contributed by atoms with Crippen molar-refractivity contribution in [3.63, 3.8) is 0 Å². The Labute approximate surface area is 181 Å². The van der Waals surface area contributed by atoms with Gasteiger partial charge in [-0.15, -0.1) is 0 Å². The maximum Gasteiger partial charge on any atom is 0.259 e. The normalized spacial score (nSPS) is 10.5. The van der Waals surface area contributed by atoms with Crippen molar-refractivity contribution in [3.05, 3.63) is 77.1 Å². The smallest absolute Gasteiger partial charge is 0.259 e. The Morgan fingerprint density at radius 3 is 2.40 bits per heavy atom. The lowest BCUT2D eigenvalue weighted by molar-refractivity contribution is 0.0772. The molecule has 0 saturated carbocycles. The lowest BCUT2D eigenvalue weighted by Gasteiger charge is -2.19. The Hall–Kier alpha value is -3.25. The first-order chi connectivity index (χ1) is 14.5. The van der Waals surface area contributed by atoms with E-state index in [4.69, 9.17) is 16.3 Å². The fourth-order valence-corrected chi connectivity index (χ4v) is 3.47. The van der Waals surface area contributed by atoms with E-state index in [1.807, 2.05) is 42.9 Å². The molecule has 0 atom stereocenters. The van der Waals surface area contributed by atoms with Gasteiger partial charge in [0, 0.05) is 42.8 Å². The van der Waals surface area contributed by atoms with E-state index in [0.717, 1.165) is 0 Å². The highest BCUT2D eigenvalue weighted by Crippen LogP contribution is 2.30. The van der Waals surface area contributed by atoms with Gasteiger partial charge in [-0.05, 0) is 50.2 Å². The first-order valence-electron chi connectivity index (χ1n) is 9.70. The summed E-state index contributed by atoms with van der Waals surface area (Å²) in [6.45, 7) is 5.10. The topological polar surface area (TPSA) is 63.6 Å². The van der Waals surface area contributed by atoms with Crippen LogP contribution in [-0.4, -0.2) is 41.5 Å². The van der Waals surface area contributed by atoms with Crippen molar-refractivity contribution < 1.29 is 14.3 Å². The molecule has 1 aromatic heterocycles. The number of benzene rings is 2. The van der Waals surface area contributed by atoms with Crippen LogP contribution >= 0.6 is 11.6 Å². The first kappa shape index (κ1) is 21.5. The van der Waals surface area contributed by atoms with Crippen molar-refractivity contribution in [1.82, 2.24) is 9.47 Å². The molecule has 0 aliphatic heterocycles. The van der Waals surface area contributed by atoms with Crippen LogP contribution in [0.4, 0.5) is 5.69 Å². The van der Waals surface area contributed by atoms with Crippen molar-refractivity contribution in [3.8, 4) is 11.4 Å². The summed E-state index contributed by atoms with van der Waals surface area (Å²) in [4.78, 5) is 27.2. The fourth-order valence-electron chi connectivity index (χ4n) is 3.20. The molecule has 2 aromatic carbocycles. The molecule has 30 heavy (non-hydrogen) atoms. The van der Waals surface area contributed by atoms with Crippen molar-refractivity contribution in [1.29, 1.82) is 0 Å². The zero-order valence-corrected chi connectivity index (χ0v) is 17.9. The molecule has 0 saturated heterocycles. The minimum absolute atomic E-state index is 0.0761. The monoisotopic (exact) mass is 425 g/mol. The third-order valence-electron chi connectivity index (χ3n) is 4.81. The van der Waals surface area contributed by atoms with Crippen LogP contribution in [0, 0.1) is 0 Å². The van der Waals surface area contributed by atoms with Gasteiger partial charge in [-0.3, -0.25) is 9.59 Å². The number of nitrogens with zero attached hydrogens (tertiary/aromatic N) is 2. The summed E-state index contributed by atoms with van der Waals surface area (Å²) in [6.07, 6.45) is 3.72. The molecule has 3 rings (SSSR count). The number of nitrogens with one attached hydrogen (secondary N) is 1. The van der Waals surface area contributed by atoms with Gasteiger partial charge in [-0.1, -0.05) is 17.7 Å². The number of methoxy groups -OCH3 is 1. The third-order valence-corrected chi connectivity index (χ3v) is 5.12. The molecule has 0 spiro atoms. The molecule has 0 radical (unpaired) electrons. The van der Waals surface area contributed by atoms with E-state index in [0.29, 0.717) is 46.4 Å². The number of halogens is 1. The van der Waals surface area contributed by atoms with Crippen molar-refractivity contribution in [2.45, 2.75) is 13.8 Å². The maximum atomic E-state index is 12.9. The number of aromatic nitrogens is 1. The second-order valence-corrected chi connectivity index (χ2v) is 7.01. The van der Waals surface area contributed by atoms with E-state index < -0.39 is 0 Å². The number of amides is 2. The highest BCUT2D eigenvalue weighted by Gasteiger charge is 2.18. The minimum atomic E-state index is -0.375. The van der Waals surface area contributed by atoms with E-state index in [9.17, 15) is 9.59 Å². The van der Waals surface area contributed by atoms with Crippen LogP contribution in [0.1, 0.15) is 34.6 Å².